The summed E-state index contributed by atoms with van der Waals surface area (Å²) in [5.74, 6) is -1.37. The molecule has 0 fully saturated rings. The highest BCUT2D eigenvalue weighted by molar-refractivity contribution is 6.07. The standard InChI is InChI=1S/C24H21F3N4O3/c1-13-5-7-23(22(28)33,18-10-15(24(25,26)27)3-4-19(18)34-2)11-17(13)21(32)31-16-9-14-6-8-29-20(14)30-12-16/h3-10,12H,11H2,1-2H3,(H2,28,33)(H,29,30)(H,31,32). The number of fused-ring (bicyclic) bond motifs is 1. The van der Waals surface area contributed by atoms with Crippen molar-refractivity contribution in [1.82, 2.24) is 9.97 Å². The summed E-state index contributed by atoms with van der Waals surface area (Å²) in [6, 6.07) is 6.36. The summed E-state index contributed by atoms with van der Waals surface area (Å²) >= 11 is 0. The number of aromatic nitrogens is 2. The number of nitrogens with zero attached hydrogens (tertiary/aromatic N) is 1. The SMILES string of the molecule is COc1ccc(C(F)(F)F)cc1C1(C(N)=O)C=CC(C)=C(C(=O)Nc2cnc3[nH]ccc3c2)C1. The van der Waals surface area contributed by atoms with E-state index in [4.69, 9.17) is 10.5 Å². The number of anilines is 1. The van der Waals surface area contributed by atoms with Crippen LogP contribution in [0.15, 0.2) is 66.0 Å². The van der Waals surface area contributed by atoms with Gasteiger partial charge in [-0.05, 0) is 42.8 Å². The number of hydrogen-bond acceptors (Lipinski definition) is 4. The molecule has 0 bridgehead atoms. The molecule has 1 aliphatic carbocycles. The number of amides is 2. The Morgan fingerprint density at radius 1 is 1.24 bits per heavy atom. The Balaban J connectivity index is 1.73. The number of carbonyl (C=O) groups is 2. The molecule has 4 rings (SSSR count). The molecule has 2 aromatic heterocycles. The van der Waals surface area contributed by atoms with Gasteiger partial charge in [-0.3, -0.25) is 9.59 Å². The number of allylic oxidation sites excluding steroid dienone is 2. The van der Waals surface area contributed by atoms with Crippen molar-refractivity contribution in [2.24, 2.45) is 5.73 Å². The smallest absolute Gasteiger partial charge is 0.416 e. The highest BCUT2D eigenvalue weighted by Crippen LogP contribution is 2.44. The van der Waals surface area contributed by atoms with E-state index in [-0.39, 0.29) is 23.3 Å². The molecule has 10 heteroatoms. The van der Waals surface area contributed by atoms with E-state index in [1.54, 1.807) is 25.3 Å². The normalized spacial score (nSPS) is 18.3. The fourth-order valence-corrected chi connectivity index (χ4v) is 4.04. The third kappa shape index (κ3) is 4.02. The monoisotopic (exact) mass is 470 g/mol. The van der Waals surface area contributed by atoms with Crippen molar-refractivity contribution in [3.8, 4) is 5.75 Å². The molecule has 1 aliphatic rings. The number of halogens is 3. The number of alkyl halides is 3. The lowest BCUT2D eigenvalue weighted by Gasteiger charge is -2.33. The highest BCUT2D eigenvalue weighted by atomic mass is 19.4. The van der Waals surface area contributed by atoms with Gasteiger partial charge in [-0.1, -0.05) is 12.2 Å². The van der Waals surface area contributed by atoms with Crippen LogP contribution in [0.2, 0.25) is 0 Å². The molecular weight excluding hydrogens is 449 g/mol. The lowest BCUT2D eigenvalue weighted by molar-refractivity contribution is -0.137. The topological polar surface area (TPSA) is 110 Å². The number of benzene rings is 1. The number of H-pyrrole nitrogens is 1. The number of pyridine rings is 1. The molecule has 0 saturated heterocycles. The van der Waals surface area contributed by atoms with Gasteiger partial charge in [0.05, 0.1) is 30.0 Å². The minimum Gasteiger partial charge on any atom is -0.496 e. The number of ether oxygens (including phenoxy) is 1. The second kappa shape index (κ2) is 8.36. The maximum absolute atomic E-state index is 13.4. The molecule has 1 aromatic carbocycles. The summed E-state index contributed by atoms with van der Waals surface area (Å²) in [6.07, 6.45) is 1.24. The molecule has 2 heterocycles. The van der Waals surface area contributed by atoms with Gasteiger partial charge < -0.3 is 20.8 Å². The molecule has 3 aromatic rings. The van der Waals surface area contributed by atoms with E-state index < -0.39 is 29.0 Å². The van der Waals surface area contributed by atoms with Crippen LogP contribution >= 0.6 is 0 Å². The van der Waals surface area contributed by atoms with Crippen molar-refractivity contribution in [2.75, 3.05) is 12.4 Å². The second-order valence-corrected chi connectivity index (χ2v) is 8.01. The Labute approximate surface area is 192 Å². The Bertz CT molecular complexity index is 1360. The Morgan fingerprint density at radius 3 is 2.68 bits per heavy atom. The van der Waals surface area contributed by atoms with Crippen molar-refractivity contribution < 1.29 is 27.5 Å². The van der Waals surface area contributed by atoms with E-state index in [1.807, 2.05) is 0 Å². The summed E-state index contributed by atoms with van der Waals surface area (Å²) in [7, 11) is 1.28. The maximum Gasteiger partial charge on any atom is 0.416 e. The van der Waals surface area contributed by atoms with Gasteiger partial charge in [-0.15, -0.1) is 0 Å². The summed E-state index contributed by atoms with van der Waals surface area (Å²) in [4.78, 5) is 33.1. The summed E-state index contributed by atoms with van der Waals surface area (Å²) in [5, 5.41) is 3.53. The number of carbonyl (C=O) groups excluding carboxylic acids is 2. The first kappa shape index (κ1) is 23.1. The van der Waals surface area contributed by atoms with Crippen LogP contribution in [0.25, 0.3) is 11.0 Å². The quantitative estimate of drug-likeness (QED) is 0.518. The molecular formula is C24H21F3N4O3. The van der Waals surface area contributed by atoms with Gasteiger partial charge in [0.25, 0.3) is 5.91 Å². The van der Waals surface area contributed by atoms with Crippen LogP contribution in [0.3, 0.4) is 0 Å². The zero-order chi connectivity index (χ0) is 24.7. The first-order valence-electron chi connectivity index (χ1n) is 10.2. The molecule has 0 saturated carbocycles. The first-order chi connectivity index (χ1) is 16.0. The molecule has 0 aliphatic heterocycles. The Kier molecular flexibility index (Phi) is 5.68. The average molecular weight is 470 g/mol. The fourth-order valence-electron chi connectivity index (χ4n) is 4.04. The van der Waals surface area contributed by atoms with Crippen LogP contribution in [-0.2, 0) is 21.2 Å². The van der Waals surface area contributed by atoms with E-state index in [0.29, 0.717) is 16.9 Å². The van der Waals surface area contributed by atoms with E-state index in [0.717, 1.165) is 23.6 Å². The van der Waals surface area contributed by atoms with E-state index in [1.165, 1.54) is 25.5 Å². The zero-order valence-corrected chi connectivity index (χ0v) is 18.3. The van der Waals surface area contributed by atoms with Crippen LogP contribution < -0.4 is 15.8 Å². The van der Waals surface area contributed by atoms with Crippen LogP contribution in [0, 0.1) is 0 Å². The summed E-state index contributed by atoms with van der Waals surface area (Å²) in [5.41, 5.74) is 4.82. The number of primary amides is 1. The molecule has 2 amide bonds. The number of aromatic amines is 1. The summed E-state index contributed by atoms with van der Waals surface area (Å²) < 4.78 is 45.6. The zero-order valence-electron chi connectivity index (χ0n) is 18.3. The van der Waals surface area contributed by atoms with Gasteiger partial charge in [0.1, 0.15) is 11.4 Å². The lowest BCUT2D eigenvalue weighted by Crippen LogP contribution is -2.43. The number of hydrogen-bond donors (Lipinski definition) is 3. The minimum atomic E-state index is -4.64. The van der Waals surface area contributed by atoms with Crippen molar-refractivity contribution in [3.63, 3.8) is 0 Å². The van der Waals surface area contributed by atoms with Crippen LogP contribution in [-0.4, -0.2) is 28.9 Å². The van der Waals surface area contributed by atoms with Gasteiger partial charge in [0, 0.05) is 29.1 Å². The van der Waals surface area contributed by atoms with E-state index >= 15 is 0 Å². The number of methoxy groups -OCH3 is 1. The average Bonchev–Trinajstić information content (AvgIpc) is 3.26. The van der Waals surface area contributed by atoms with Crippen LogP contribution in [0.5, 0.6) is 5.75 Å². The number of nitrogens with two attached hydrogens (primary N) is 1. The Morgan fingerprint density at radius 2 is 2.00 bits per heavy atom. The van der Waals surface area contributed by atoms with Gasteiger partial charge >= 0.3 is 6.18 Å². The van der Waals surface area contributed by atoms with Gasteiger partial charge in [0.2, 0.25) is 5.91 Å². The van der Waals surface area contributed by atoms with E-state index in [9.17, 15) is 22.8 Å². The lowest BCUT2D eigenvalue weighted by atomic mass is 9.70. The molecule has 34 heavy (non-hydrogen) atoms. The predicted octanol–water partition coefficient (Wildman–Crippen LogP) is 4.23. The maximum atomic E-state index is 13.4. The molecule has 0 spiro atoms. The van der Waals surface area contributed by atoms with Crippen molar-refractivity contribution in [1.29, 1.82) is 0 Å². The van der Waals surface area contributed by atoms with Gasteiger partial charge in [-0.25, -0.2) is 4.98 Å². The minimum absolute atomic E-state index is 0.0536. The fraction of sp³-hybridized carbons (Fsp3) is 0.208. The number of rotatable bonds is 5. The third-order valence-corrected chi connectivity index (χ3v) is 5.93. The largest absolute Gasteiger partial charge is 0.496 e. The number of nitrogens with one attached hydrogen (secondary N) is 2. The van der Waals surface area contributed by atoms with Crippen LogP contribution in [0.4, 0.5) is 18.9 Å². The van der Waals surface area contributed by atoms with E-state index in [2.05, 4.69) is 15.3 Å². The van der Waals surface area contributed by atoms with Crippen molar-refractivity contribution in [3.05, 3.63) is 77.2 Å². The van der Waals surface area contributed by atoms with Crippen molar-refractivity contribution in [2.45, 2.75) is 24.9 Å². The van der Waals surface area contributed by atoms with Crippen LogP contribution in [0.1, 0.15) is 24.5 Å². The first-order valence-corrected chi connectivity index (χ1v) is 10.2. The van der Waals surface area contributed by atoms with Gasteiger partial charge in [0.15, 0.2) is 0 Å². The molecule has 1 unspecified atom stereocenters. The molecule has 176 valence electrons. The highest BCUT2D eigenvalue weighted by Gasteiger charge is 2.44. The second-order valence-electron chi connectivity index (χ2n) is 8.01. The summed E-state index contributed by atoms with van der Waals surface area (Å²) in [6.45, 7) is 1.67. The molecule has 0 radical (unpaired) electrons. The molecule has 7 nitrogen and oxygen atoms in total. The molecule has 1 atom stereocenters. The predicted molar refractivity (Wildman–Crippen MR) is 120 cm³/mol. The third-order valence-electron chi connectivity index (χ3n) is 5.93. The molecule has 4 N–H and O–H groups in total. The van der Waals surface area contributed by atoms with Crippen molar-refractivity contribution >= 4 is 28.5 Å². The Hall–Kier alpha value is -4.08. The van der Waals surface area contributed by atoms with Gasteiger partial charge in [-0.2, -0.15) is 13.2 Å².